The molecule has 0 aromatic heterocycles. The largest absolute Gasteiger partial charge is 0.768 e. The average molecular weight is 334 g/mol. The molecule has 0 amide bonds. The maximum absolute atomic E-state index is 12.6. The lowest BCUT2D eigenvalue weighted by Gasteiger charge is -2.14. The third-order valence-corrected chi connectivity index (χ3v) is 6.08. The van der Waals surface area contributed by atoms with Crippen molar-refractivity contribution in [3.05, 3.63) is 59.7 Å². The normalized spacial score (nSPS) is 14.0. The molecule has 2 aromatic rings. The molecule has 0 N–H and O–H groups in total. The Balaban J connectivity index is 2.40. The van der Waals surface area contributed by atoms with Gasteiger partial charge in [-0.15, -0.1) is 0 Å². The maximum atomic E-state index is 12.6. The first kappa shape index (κ1) is 16.4. The summed E-state index contributed by atoms with van der Waals surface area (Å²) in [5, 5.41) is 8.05. The zero-order chi connectivity index (χ0) is 16.3. The van der Waals surface area contributed by atoms with Gasteiger partial charge >= 0.3 is 0 Å². The van der Waals surface area contributed by atoms with E-state index < -0.39 is 26.2 Å². The molecule has 0 radical (unpaired) electrons. The van der Waals surface area contributed by atoms with Gasteiger partial charge in [0.25, 0.3) is 0 Å². The van der Waals surface area contributed by atoms with Crippen LogP contribution in [-0.4, -0.2) is 17.2 Å². The van der Waals surface area contributed by atoms with Crippen LogP contribution in [0.5, 0.6) is 0 Å². The molecule has 0 heterocycles. The summed E-state index contributed by atoms with van der Waals surface area (Å²) in [5.74, 6) is 0. The molecule has 7 heteroatoms. The van der Waals surface area contributed by atoms with E-state index in [2.05, 4.69) is 0 Å². The number of hydrogen-bond donors (Lipinski definition) is 0. The topological polar surface area (TPSA) is 98.1 Å². The van der Waals surface area contributed by atoms with Gasteiger partial charge in [0.1, 0.15) is 0 Å². The zero-order valence-electron chi connectivity index (χ0n) is 11.6. The molecule has 0 saturated heterocycles. The van der Waals surface area contributed by atoms with Crippen LogP contribution < -0.4 is 0 Å². The Morgan fingerprint density at radius 1 is 1.18 bits per heavy atom. The molecule has 0 aliphatic heterocycles. The van der Waals surface area contributed by atoms with Crippen molar-refractivity contribution in [2.75, 3.05) is 0 Å². The highest BCUT2D eigenvalue weighted by Gasteiger charge is 2.25. The van der Waals surface area contributed by atoms with Crippen LogP contribution in [0.2, 0.25) is 0 Å². The fourth-order valence-electron chi connectivity index (χ4n) is 1.98. The summed E-state index contributed by atoms with van der Waals surface area (Å²) < 4.78 is 46.8. The van der Waals surface area contributed by atoms with Crippen LogP contribution in [0.15, 0.2) is 58.3 Å². The molecule has 2 rings (SSSR count). The van der Waals surface area contributed by atoms with Crippen LogP contribution in [0.25, 0.3) is 0 Å². The highest BCUT2D eigenvalue weighted by molar-refractivity contribution is 7.91. The third-order valence-electron chi connectivity index (χ3n) is 3.30. The Bertz CT molecular complexity index is 852. The third kappa shape index (κ3) is 3.25. The highest BCUT2D eigenvalue weighted by atomic mass is 32.2. The van der Waals surface area contributed by atoms with Crippen molar-refractivity contribution in [3.8, 4) is 6.07 Å². The van der Waals surface area contributed by atoms with Gasteiger partial charge in [0.15, 0.2) is 9.84 Å². The Morgan fingerprint density at radius 3 is 2.36 bits per heavy atom. The van der Waals surface area contributed by atoms with E-state index in [1.807, 2.05) is 6.07 Å². The summed E-state index contributed by atoms with van der Waals surface area (Å²) in [5.41, 5.74) is 0.896. The van der Waals surface area contributed by atoms with E-state index in [9.17, 15) is 17.2 Å². The van der Waals surface area contributed by atoms with Crippen LogP contribution in [0, 0.1) is 11.3 Å². The fourth-order valence-corrected chi connectivity index (χ4v) is 3.77. The highest BCUT2D eigenvalue weighted by Crippen LogP contribution is 2.29. The second-order valence-corrected chi connectivity index (χ2v) is 7.84. The van der Waals surface area contributed by atoms with E-state index in [0.717, 1.165) is 0 Å². The number of nitrogens with zero attached hydrogens (tertiary/aromatic N) is 1. The molecule has 0 fully saturated rings. The molecular weight excluding hydrogens is 322 g/mol. The second-order valence-electron chi connectivity index (χ2n) is 4.63. The van der Waals surface area contributed by atoms with Crippen LogP contribution in [0.4, 0.5) is 0 Å². The van der Waals surface area contributed by atoms with Crippen molar-refractivity contribution >= 4 is 20.9 Å². The van der Waals surface area contributed by atoms with E-state index >= 15 is 0 Å². The van der Waals surface area contributed by atoms with Crippen LogP contribution >= 0.6 is 0 Å². The molecule has 2 atom stereocenters. The molecule has 22 heavy (non-hydrogen) atoms. The zero-order valence-corrected chi connectivity index (χ0v) is 13.2. The van der Waals surface area contributed by atoms with Gasteiger partial charge in [-0.3, -0.25) is 4.21 Å². The number of rotatable bonds is 4. The van der Waals surface area contributed by atoms with Crippen molar-refractivity contribution in [3.63, 3.8) is 0 Å². The SMILES string of the molecule is CC(c1cccc(C#N)c1)S(=O)(=O)c1ccc(S(=O)[O-])cc1. The van der Waals surface area contributed by atoms with Crippen LogP contribution in [0.1, 0.15) is 23.3 Å². The summed E-state index contributed by atoms with van der Waals surface area (Å²) in [6.07, 6.45) is 0. The number of hydrogen-bond acceptors (Lipinski definition) is 5. The van der Waals surface area contributed by atoms with Crippen LogP contribution in [0.3, 0.4) is 0 Å². The summed E-state index contributed by atoms with van der Waals surface area (Å²) in [6, 6.07) is 13.4. The minimum atomic E-state index is -3.67. The van der Waals surface area contributed by atoms with Crippen molar-refractivity contribution in [1.82, 2.24) is 0 Å². The van der Waals surface area contributed by atoms with Crippen molar-refractivity contribution in [2.24, 2.45) is 0 Å². The van der Waals surface area contributed by atoms with Crippen LogP contribution in [-0.2, 0) is 20.9 Å². The standard InChI is InChI=1S/C15H13NO4S2/c1-11(13-4-2-3-12(9-13)10-16)22(19,20)15-7-5-14(6-8-15)21(17)18/h2-9,11H,1H3,(H,17,18)/p-1. The summed E-state index contributed by atoms with van der Waals surface area (Å²) in [6.45, 7) is 1.53. The molecule has 0 aliphatic rings. The van der Waals surface area contributed by atoms with Gasteiger partial charge in [-0.1, -0.05) is 12.1 Å². The molecular formula is C15H12NO4S2-. The Morgan fingerprint density at radius 2 is 1.82 bits per heavy atom. The Labute approximate surface area is 131 Å². The lowest BCUT2D eigenvalue weighted by Crippen LogP contribution is -2.11. The van der Waals surface area contributed by atoms with Gasteiger partial charge in [0, 0.05) is 4.90 Å². The van der Waals surface area contributed by atoms with Crippen molar-refractivity contribution in [1.29, 1.82) is 5.26 Å². The van der Waals surface area contributed by atoms with Crippen molar-refractivity contribution in [2.45, 2.75) is 22.0 Å². The lowest BCUT2D eigenvalue weighted by atomic mass is 10.1. The quantitative estimate of drug-likeness (QED) is 0.799. The number of nitriles is 1. The van der Waals surface area contributed by atoms with Gasteiger partial charge in [0.2, 0.25) is 0 Å². The summed E-state index contributed by atoms with van der Waals surface area (Å²) in [7, 11) is -3.67. The first-order chi connectivity index (χ1) is 10.4. The number of benzene rings is 2. The predicted octanol–water partition coefficient (Wildman–Crippen LogP) is 2.33. The van der Waals surface area contributed by atoms with E-state index in [1.165, 1.54) is 37.3 Å². The molecule has 114 valence electrons. The molecule has 5 nitrogen and oxygen atoms in total. The van der Waals surface area contributed by atoms with Gasteiger partial charge in [-0.25, -0.2) is 8.42 Å². The maximum Gasteiger partial charge on any atom is 0.185 e. The average Bonchev–Trinajstić information content (AvgIpc) is 2.54. The Kier molecular flexibility index (Phi) is 4.76. The molecule has 0 spiro atoms. The van der Waals surface area contributed by atoms with E-state index in [1.54, 1.807) is 18.2 Å². The predicted molar refractivity (Wildman–Crippen MR) is 80.4 cm³/mol. The summed E-state index contributed by atoms with van der Waals surface area (Å²) >= 11 is -2.40. The lowest BCUT2D eigenvalue weighted by molar-refractivity contribution is 0.537. The van der Waals surface area contributed by atoms with Gasteiger partial charge in [0.05, 0.1) is 21.8 Å². The van der Waals surface area contributed by atoms with E-state index in [4.69, 9.17) is 5.26 Å². The molecule has 2 unspecified atom stereocenters. The molecule has 2 aromatic carbocycles. The van der Waals surface area contributed by atoms with Gasteiger partial charge in [-0.05, 0) is 60.0 Å². The van der Waals surface area contributed by atoms with Gasteiger partial charge < -0.3 is 4.55 Å². The summed E-state index contributed by atoms with van der Waals surface area (Å²) in [4.78, 5) is 0.0645. The van der Waals surface area contributed by atoms with Crippen molar-refractivity contribution < 1.29 is 17.2 Å². The van der Waals surface area contributed by atoms with E-state index in [0.29, 0.717) is 11.1 Å². The minimum absolute atomic E-state index is 0.0260. The Hall–Kier alpha value is -2.01. The number of sulfone groups is 1. The smallest absolute Gasteiger partial charge is 0.185 e. The monoisotopic (exact) mass is 334 g/mol. The van der Waals surface area contributed by atoms with Gasteiger partial charge in [-0.2, -0.15) is 5.26 Å². The molecule has 0 aliphatic carbocycles. The first-order valence-corrected chi connectivity index (χ1v) is 8.91. The minimum Gasteiger partial charge on any atom is -0.768 e. The van der Waals surface area contributed by atoms with E-state index in [-0.39, 0.29) is 9.79 Å². The molecule has 0 bridgehead atoms. The fraction of sp³-hybridized carbons (Fsp3) is 0.133. The first-order valence-electron chi connectivity index (χ1n) is 6.29. The molecule has 0 saturated carbocycles. The second kappa shape index (κ2) is 6.40.